The normalized spacial score (nSPS) is 16.8. The molecule has 86 valence electrons. The van der Waals surface area contributed by atoms with Crippen LogP contribution in [0.1, 0.15) is 37.7 Å². The van der Waals surface area contributed by atoms with Crippen LogP contribution in [0.15, 0.2) is 18.2 Å². The van der Waals surface area contributed by atoms with E-state index >= 15 is 0 Å². The third kappa shape index (κ3) is 2.23. The van der Waals surface area contributed by atoms with E-state index in [2.05, 4.69) is 46.9 Å². The Hall–Kier alpha value is -1.38. The molecule has 1 unspecified atom stereocenters. The Labute approximate surface area is 97.2 Å². The van der Waals surface area contributed by atoms with Crippen LogP contribution in [0.2, 0.25) is 0 Å². The second-order valence-electron chi connectivity index (χ2n) is 4.41. The summed E-state index contributed by atoms with van der Waals surface area (Å²) in [4.78, 5) is 11.4. The predicted molar refractivity (Wildman–Crippen MR) is 66.8 cm³/mol. The first-order valence-corrected chi connectivity index (χ1v) is 5.96. The van der Waals surface area contributed by atoms with Gasteiger partial charge in [0.2, 0.25) is 0 Å². The number of hydrogen-bond donors (Lipinski definition) is 0. The predicted octanol–water partition coefficient (Wildman–Crippen LogP) is 2.67. The van der Waals surface area contributed by atoms with Crippen molar-refractivity contribution in [3.8, 4) is 0 Å². The average Bonchev–Trinajstić information content (AvgIpc) is 2.80. The Morgan fingerprint density at radius 2 is 2.00 bits per heavy atom. The van der Waals surface area contributed by atoms with E-state index in [9.17, 15) is 0 Å². The van der Waals surface area contributed by atoms with Gasteiger partial charge in [0, 0.05) is 30.8 Å². The Balaban J connectivity index is 2.28. The van der Waals surface area contributed by atoms with E-state index in [4.69, 9.17) is 0 Å². The summed E-state index contributed by atoms with van der Waals surface area (Å²) in [6, 6.07) is 2.07. The van der Waals surface area contributed by atoms with Crippen molar-refractivity contribution in [3.05, 3.63) is 29.7 Å². The molecule has 16 heavy (non-hydrogen) atoms. The van der Waals surface area contributed by atoms with Crippen molar-refractivity contribution in [2.24, 2.45) is 0 Å². The minimum Gasteiger partial charge on any atom is -0.349 e. The summed E-state index contributed by atoms with van der Waals surface area (Å²) >= 11 is 0. The zero-order valence-corrected chi connectivity index (χ0v) is 10.3. The molecule has 1 aromatic rings. The average molecular weight is 217 g/mol. The quantitative estimate of drug-likeness (QED) is 0.729. The SMILES string of the molecule is CCC(C)c1nc(C)cc(N2CC=CC2)n1. The summed E-state index contributed by atoms with van der Waals surface area (Å²) in [7, 11) is 0. The number of aromatic nitrogens is 2. The van der Waals surface area contributed by atoms with Gasteiger partial charge in [0.1, 0.15) is 11.6 Å². The molecule has 0 saturated carbocycles. The van der Waals surface area contributed by atoms with E-state index in [1.807, 2.05) is 6.92 Å². The van der Waals surface area contributed by atoms with Gasteiger partial charge in [0.05, 0.1) is 0 Å². The van der Waals surface area contributed by atoms with Crippen molar-refractivity contribution in [2.45, 2.75) is 33.1 Å². The van der Waals surface area contributed by atoms with Gasteiger partial charge in [-0.15, -0.1) is 0 Å². The van der Waals surface area contributed by atoms with Crippen molar-refractivity contribution in [1.29, 1.82) is 0 Å². The third-order valence-electron chi connectivity index (χ3n) is 3.05. The van der Waals surface area contributed by atoms with Gasteiger partial charge in [-0.25, -0.2) is 9.97 Å². The van der Waals surface area contributed by atoms with Crippen LogP contribution in [0.3, 0.4) is 0 Å². The number of nitrogens with zero attached hydrogens (tertiary/aromatic N) is 3. The zero-order valence-electron chi connectivity index (χ0n) is 10.3. The fraction of sp³-hybridized carbons (Fsp3) is 0.538. The zero-order chi connectivity index (χ0) is 11.5. The van der Waals surface area contributed by atoms with Crippen molar-refractivity contribution in [2.75, 3.05) is 18.0 Å². The van der Waals surface area contributed by atoms with Crippen LogP contribution in [0.25, 0.3) is 0 Å². The van der Waals surface area contributed by atoms with E-state index in [0.717, 1.165) is 36.8 Å². The van der Waals surface area contributed by atoms with Crippen molar-refractivity contribution in [1.82, 2.24) is 9.97 Å². The molecule has 0 amide bonds. The molecule has 2 rings (SSSR count). The van der Waals surface area contributed by atoms with Gasteiger partial charge >= 0.3 is 0 Å². The van der Waals surface area contributed by atoms with E-state index in [-0.39, 0.29) is 0 Å². The molecule has 0 bridgehead atoms. The molecule has 0 radical (unpaired) electrons. The van der Waals surface area contributed by atoms with Crippen LogP contribution in [-0.2, 0) is 0 Å². The summed E-state index contributed by atoms with van der Waals surface area (Å²) in [5, 5.41) is 0. The lowest BCUT2D eigenvalue weighted by Gasteiger charge is -2.18. The number of aryl methyl sites for hydroxylation is 1. The summed E-state index contributed by atoms with van der Waals surface area (Å²) in [5.41, 5.74) is 1.06. The highest BCUT2D eigenvalue weighted by Crippen LogP contribution is 2.20. The van der Waals surface area contributed by atoms with Gasteiger partial charge in [0.25, 0.3) is 0 Å². The lowest BCUT2D eigenvalue weighted by Crippen LogP contribution is -2.21. The lowest BCUT2D eigenvalue weighted by atomic mass is 10.1. The van der Waals surface area contributed by atoms with Crippen LogP contribution in [0.5, 0.6) is 0 Å². The lowest BCUT2D eigenvalue weighted by molar-refractivity contribution is 0.672. The summed E-state index contributed by atoms with van der Waals surface area (Å²) in [6.45, 7) is 8.33. The maximum atomic E-state index is 4.66. The first-order chi connectivity index (χ1) is 7.70. The second-order valence-corrected chi connectivity index (χ2v) is 4.41. The Morgan fingerprint density at radius 1 is 1.31 bits per heavy atom. The number of anilines is 1. The maximum absolute atomic E-state index is 4.66. The minimum atomic E-state index is 0.439. The Bertz CT molecular complexity index is 390. The van der Waals surface area contributed by atoms with Gasteiger partial charge in [0.15, 0.2) is 0 Å². The van der Waals surface area contributed by atoms with Crippen molar-refractivity contribution < 1.29 is 0 Å². The van der Waals surface area contributed by atoms with Crippen LogP contribution >= 0.6 is 0 Å². The maximum Gasteiger partial charge on any atom is 0.133 e. The Morgan fingerprint density at radius 3 is 2.62 bits per heavy atom. The molecule has 0 fully saturated rings. The summed E-state index contributed by atoms with van der Waals surface area (Å²) in [6.07, 6.45) is 5.45. The molecule has 0 spiro atoms. The van der Waals surface area contributed by atoms with Crippen LogP contribution in [-0.4, -0.2) is 23.1 Å². The molecule has 1 aliphatic heterocycles. The van der Waals surface area contributed by atoms with Gasteiger partial charge in [-0.3, -0.25) is 0 Å². The Kier molecular flexibility index (Phi) is 3.22. The standard InChI is InChI=1S/C13H19N3/c1-4-10(2)13-14-11(3)9-12(15-13)16-7-5-6-8-16/h5-6,9-10H,4,7-8H2,1-3H3. The molecule has 1 aliphatic rings. The largest absolute Gasteiger partial charge is 0.349 e. The topological polar surface area (TPSA) is 29.0 Å². The summed E-state index contributed by atoms with van der Waals surface area (Å²) < 4.78 is 0. The summed E-state index contributed by atoms with van der Waals surface area (Å²) in [5.74, 6) is 2.48. The highest BCUT2D eigenvalue weighted by atomic mass is 15.2. The fourth-order valence-corrected chi connectivity index (χ4v) is 1.80. The monoisotopic (exact) mass is 217 g/mol. The van der Waals surface area contributed by atoms with Crippen LogP contribution in [0.4, 0.5) is 5.82 Å². The highest BCUT2D eigenvalue weighted by molar-refractivity contribution is 5.43. The van der Waals surface area contributed by atoms with Crippen LogP contribution in [0, 0.1) is 6.92 Å². The molecule has 0 aliphatic carbocycles. The van der Waals surface area contributed by atoms with Gasteiger partial charge in [-0.1, -0.05) is 26.0 Å². The molecule has 3 heteroatoms. The molecule has 0 N–H and O–H groups in total. The fourth-order valence-electron chi connectivity index (χ4n) is 1.80. The minimum absolute atomic E-state index is 0.439. The van der Waals surface area contributed by atoms with Crippen LogP contribution < -0.4 is 4.90 Å². The van der Waals surface area contributed by atoms with Gasteiger partial charge in [-0.2, -0.15) is 0 Å². The van der Waals surface area contributed by atoms with E-state index in [1.165, 1.54) is 0 Å². The number of rotatable bonds is 3. The smallest absolute Gasteiger partial charge is 0.133 e. The first kappa shape index (κ1) is 11.1. The van der Waals surface area contributed by atoms with Gasteiger partial charge < -0.3 is 4.90 Å². The molecular weight excluding hydrogens is 198 g/mol. The van der Waals surface area contributed by atoms with E-state index < -0.39 is 0 Å². The molecular formula is C13H19N3. The molecule has 2 heterocycles. The highest BCUT2D eigenvalue weighted by Gasteiger charge is 2.13. The van der Waals surface area contributed by atoms with E-state index in [1.54, 1.807) is 0 Å². The molecule has 1 aromatic heterocycles. The third-order valence-corrected chi connectivity index (χ3v) is 3.05. The molecule has 0 saturated heterocycles. The van der Waals surface area contributed by atoms with Crippen molar-refractivity contribution >= 4 is 5.82 Å². The van der Waals surface area contributed by atoms with Crippen molar-refractivity contribution in [3.63, 3.8) is 0 Å². The molecule has 1 atom stereocenters. The molecule has 0 aromatic carbocycles. The van der Waals surface area contributed by atoms with E-state index in [0.29, 0.717) is 5.92 Å². The molecule has 3 nitrogen and oxygen atoms in total. The van der Waals surface area contributed by atoms with Gasteiger partial charge in [-0.05, 0) is 13.3 Å². The number of hydrogen-bond acceptors (Lipinski definition) is 3. The second kappa shape index (κ2) is 4.64. The first-order valence-electron chi connectivity index (χ1n) is 5.96.